The number of anilines is 1. The van der Waals surface area contributed by atoms with Crippen molar-refractivity contribution in [2.75, 3.05) is 25.0 Å². The topological polar surface area (TPSA) is 106 Å². The van der Waals surface area contributed by atoms with Gasteiger partial charge in [0.05, 0.1) is 4.90 Å². The normalized spacial score (nSPS) is 15.2. The summed E-state index contributed by atoms with van der Waals surface area (Å²) < 4.78 is 37.0. The van der Waals surface area contributed by atoms with E-state index in [-0.39, 0.29) is 10.7 Å². The molecular formula is C18H19BrN2O6S. The smallest absolute Gasteiger partial charge is 0.374 e. The van der Waals surface area contributed by atoms with Crippen molar-refractivity contribution in [1.82, 2.24) is 4.31 Å². The van der Waals surface area contributed by atoms with Gasteiger partial charge in [-0.05, 0) is 65.2 Å². The van der Waals surface area contributed by atoms with Gasteiger partial charge in [-0.25, -0.2) is 13.2 Å². The van der Waals surface area contributed by atoms with Crippen molar-refractivity contribution < 1.29 is 27.2 Å². The van der Waals surface area contributed by atoms with Crippen molar-refractivity contribution in [3.8, 4) is 0 Å². The van der Waals surface area contributed by atoms with Crippen molar-refractivity contribution in [1.29, 1.82) is 0 Å². The zero-order chi connectivity index (χ0) is 20.1. The Kier molecular flexibility index (Phi) is 6.53. The molecular weight excluding hydrogens is 452 g/mol. The standard InChI is InChI=1S/C18H19BrN2O6S/c19-16-9-8-15(27-16)18(23)26-12-17(22)20-13-4-6-14(7-5-13)28(24,25)21-10-2-1-3-11-21/h4-9H,1-3,10-12H2,(H,20,22). The van der Waals surface area contributed by atoms with Crippen molar-refractivity contribution in [2.45, 2.75) is 24.2 Å². The Morgan fingerprint density at radius 2 is 1.75 bits per heavy atom. The molecule has 2 aromatic rings. The second-order valence-electron chi connectivity index (χ2n) is 6.22. The minimum absolute atomic E-state index is 0.0213. The van der Waals surface area contributed by atoms with Crippen LogP contribution in [0.4, 0.5) is 5.69 Å². The van der Waals surface area contributed by atoms with Crippen LogP contribution in [0.2, 0.25) is 0 Å². The average molecular weight is 471 g/mol. The van der Waals surface area contributed by atoms with Gasteiger partial charge in [0, 0.05) is 18.8 Å². The molecule has 0 radical (unpaired) electrons. The van der Waals surface area contributed by atoms with E-state index < -0.39 is 28.5 Å². The van der Waals surface area contributed by atoms with Crippen molar-refractivity contribution >= 4 is 43.5 Å². The van der Waals surface area contributed by atoms with Gasteiger partial charge in [-0.3, -0.25) is 4.79 Å². The molecule has 0 spiro atoms. The predicted octanol–water partition coefficient (Wildman–Crippen LogP) is 3.01. The number of nitrogens with zero attached hydrogens (tertiary/aromatic N) is 1. The highest BCUT2D eigenvalue weighted by Gasteiger charge is 2.25. The summed E-state index contributed by atoms with van der Waals surface area (Å²) >= 11 is 3.07. The lowest BCUT2D eigenvalue weighted by atomic mass is 10.2. The zero-order valence-electron chi connectivity index (χ0n) is 14.9. The van der Waals surface area contributed by atoms with Crippen LogP contribution in [-0.2, 0) is 19.6 Å². The predicted molar refractivity (Wildman–Crippen MR) is 104 cm³/mol. The monoisotopic (exact) mass is 470 g/mol. The largest absolute Gasteiger partial charge is 0.450 e. The highest BCUT2D eigenvalue weighted by molar-refractivity contribution is 9.10. The Hall–Kier alpha value is -2.17. The number of ether oxygens (including phenoxy) is 1. The zero-order valence-corrected chi connectivity index (χ0v) is 17.3. The molecule has 1 saturated heterocycles. The van der Waals surface area contributed by atoms with Crippen LogP contribution in [0, 0.1) is 0 Å². The highest BCUT2D eigenvalue weighted by atomic mass is 79.9. The van der Waals surface area contributed by atoms with Gasteiger partial charge in [-0.2, -0.15) is 4.31 Å². The van der Waals surface area contributed by atoms with Crippen molar-refractivity contribution in [3.05, 3.63) is 46.8 Å². The van der Waals surface area contributed by atoms with Crippen LogP contribution in [-0.4, -0.2) is 44.3 Å². The van der Waals surface area contributed by atoms with E-state index in [9.17, 15) is 18.0 Å². The molecule has 8 nitrogen and oxygen atoms in total. The fourth-order valence-corrected chi connectivity index (χ4v) is 4.61. The van der Waals surface area contributed by atoms with Crippen LogP contribution in [0.3, 0.4) is 0 Å². The number of hydrogen-bond donors (Lipinski definition) is 1. The van der Waals surface area contributed by atoms with Gasteiger partial charge in [0.15, 0.2) is 11.3 Å². The molecule has 0 bridgehead atoms. The molecule has 28 heavy (non-hydrogen) atoms. The number of amides is 1. The average Bonchev–Trinajstić information content (AvgIpc) is 3.14. The molecule has 0 unspecified atom stereocenters. The molecule has 1 fully saturated rings. The molecule has 1 aliphatic rings. The van der Waals surface area contributed by atoms with Crippen LogP contribution in [0.5, 0.6) is 0 Å². The summed E-state index contributed by atoms with van der Waals surface area (Å²) in [6.07, 6.45) is 2.76. The fraction of sp³-hybridized carbons (Fsp3) is 0.333. The molecule has 2 heterocycles. The summed E-state index contributed by atoms with van der Waals surface area (Å²) in [4.78, 5) is 23.8. The van der Waals surface area contributed by atoms with E-state index in [1.165, 1.54) is 40.7 Å². The van der Waals surface area contributed by atoms with E-state index in [2.05, 4.69) is 21.2 Å². The second-order valence-corrected chi connectivity index (χ2v) is 8.94. The molecule has 1 amide bonds. The summed E-state index contributed by atoms with van der Waals surface area (Å²) in [6, 6.07) is 8.86. The fourth-order valence-electron chi connectivity index (χ4n) is 2.79. The number of nitrogens with one attached hydrogen (secondary N) is 1. The maximum atomic E-state index is 12.6. The van der Waals surface area contributed by atoms with Gasteiger partial charge in [0.2, 0.25) is 15.8 Å². The van der Waals surface area contributed by atoms with Gasteiger partial charge in [0.25, 0.3) is 5.91 Å². The number of carbonyl (C=O) groups excluding carboxylic acids is 2. The van der Waals surface area contributed by atoms with E-state index in [0.717, 1.165) is 19.3 Å². The van der Waals surface area contributed by atoms with Crippen LogP contribution in [0.1, 0.15) is 29.8 Å². The van der Waals surface area contributed by atoms with Gasteiger partial charge < -0.3 is 14.5 Å². The number of furan rings is 1. The van der Waals surface area contributed by atoms with E-state index in [0.29, 0.717) is 23.4 Å². The van der Waals surface area contributed by atoms with Gasteiger partial charge in [-0.15, -0.1) is 0 Å². The van der Waals surface area contributed by atoms with Gasteiger partial charge in [0.1, 0.15) is 0 Å². The Bertz CT molecular complexity index is 949. The maximum Gasteiger partial charge on any atom is 0.374 e. The van der Waals surface area contributed by atoms with Crippen molar-refractivity contribution in [3.63, 3.8) is 0 Å². The summed E-state index contributed by atoms with van der Waals surface area (Å²) in [5, 5.41) is 2.55. The number of halogens is 1. The summed E-state index contributed by atoms with van der Waals surface area (Å²) in [7, 11) is -3.52. The number of esters is 1. The quantitative estimate of drug-likeness (QED) is 0.650. The Morgan fingerprint density at radius 1 is 1.07 bits per heavy atom. The molecule has 0 atom stereocenters. The summed E-state index contributed by atoms with van der Waals surface area (Å²) in [6.45, 7) is 0.557. The lowest BCUT2D eigenvalue weighted by molar-refractivity contribution is -0.119. The molecule has 10 heteroatoms. The first-order valence-corrected chi connectivity index (χ1v) is 10.9. The molecule has 1 N–H and O–H groups in total. The Labute approximate surface area is 171 Å². The number of carbonyl (C=O) groups is 2. The SMILES string of the molecule is O=C(COC(=O)c1ccc(Br)o1)Nc1ccc(S(=O)(=O)N2CCCCC2)cc1. The third-order valence-corrected chi connectivity index (χ3v) is 6.54. The molecule has 1 aromatic heterocycles. The number of hydrogen-bond acceptors (Lipinski definition) is 6. The first-order valence-electron chi connectivity index (χ1n) is 8.69. The highest BCUT2D eigenvalue weighted by Crippen LogP contribution is 2.22. The number of piperidine rings is 1. The van der Waals surface area contributed by atoms with Crippen LogP contribution < -0.4 is 5.32 Å². The first-order chi connectivity index (χ1) is 13.4. The number of rotatable bonds is 6. The Balaban J connectivity index is 1.55. The summed E-state index contributed by atoms with van der Waals surface area (Å²) in [5.41, 5.74) is 0.402. The molecule has 0 aliphatic carbocycles. The maximum absolute atomic E-state index is 12.6. The molecule has 1 aromatic carbocycles. The van der Waals surface area contributed by atoms with Crippen LogP contribution >= 0.6 is 15.9 Å². The lowest BCUT2D eigenvalue weighted by Crippen LogP contribution is -2.35. The molecule has 0 saturated carbocycles. The first kappa shape index (κ1) is 20.6. The molecule has 150 valence electrons. The van der Waals surface area contributed by atoms with E-state index >= 15 is 0 Å². The van der Waals surface area contributed by atoms with Crippen LogP contribution in [0.15, 0.2) is 50.4 Å². The molecule has 1 aliphatic heterocycles. The molecule has 3 rings (SSSR count). The lowest BCUT2D eigenvalue weighted by Gasteiger charge is -2.25. The van der Waals surface area contributed by atoms with E-state index in [1.54, 1.807) is 0 Å². The minimum atomic E-state index is -3.52. The third kappa shape index (κ3) is 5.00. The van der Waals surface area contributed by atoms with Gasteiger partial charge >= 0.3 is 5.97 Å². The number of sulfonamides is 1. The number of benzene rings is 1. The Morgan fingerprint density at radius 3 is 2.36 bits per heavy atom. The van der Waals surface area contributed by atoms with E-state index in [4.69, 9.17) is 9.15 Å². The third-order valence-electron chi connectivity index (χ3n) is 4.20. The van der Waals surface area contributed by atoms with Gasteiger partial charge in [-0.1, -0.05) is 6.42 Å². The van der Waals surface area contributed by atoms with Crippen molar-refractivity contribution in [2.24, 2.45) is 0 Å². The minimum Gasteiger partial charge on any atom is -0.450 e. The van der Waals surface area contributed by atoms with Crippen LogP contribution in [0.25, 0.3) is 0 Å². The summed E-state index contributed by atoms with van der Waals surface area (Å²) in [5.74, 6) is -1.33. The van der Waals surface area contributed by atoms with E-state index in [1.807, 2.05) is 0 Å². The second kappa shape index (κ2) is 8.89.